The quantitative estimate of drug-likeness (QED) is 0.142. The average Bonchev–Trinajstić information content (AvgIpc) is 3.57. The van der Waals surface area contributed by atoms with Crippen LogP contribution in [0.3, 0.4) is 0 Å². The van der Waals surface area contributed by atoms with Gasteiger partial charge in [0.1, 0.15) is 16.1 Å². The molecule has 5 rings (SSSR count). The second-order valence-corrected chi connectivity index (χ2v) is 10.2. The van der Waals surface area contributed by atoms with Crippen LogP contribution in [0.5, 0.6) is 0 Å². The van der Waals surface area contributed by atoms with E-state index in [-0.39, 0.29) is 34.6 Å². The van der Waals surface area contributed by atoms with Crippen LogP contribution >= 0.6 is 34.7 Å². The van der Waals surface area contributed by atoms with Gasteiger partial charge in [0.15, 0.2) is 4.34 Å². The van der Waals surface area contributed by atoms with Crippen LogP contribution in [0, 0.1) is 10.1 Å². The van der Waals surface area contributed by atoms with Crippen LogP contribution in [0.15, 0.2) is 64.1 Å². The lowest BCUT2D eigenvalue weighted by Gasteiger charge is -2.28. The minimum absolute atomic E-state index is 0.0254. The fourth-order valence-corrected chi connectivity index (χ4v) is 5.76. The number of nitro benzene ring substituents is 1. The Bertz CT molecular complexity index is 1510. The maximum atomic E-state index is 13.2. The molecule has 188 valence electrons. The van der Waals surface area contributed by atoms with Gasteiger partial charge in [0.25, 0.3) is 5.69 Å². The number of ether oxygens (including phenoxy) is 1. The molecule has 0 spiro atoms. The minimum atomic E-state index is -0.883. The van der Waals surface area contributed by atoms with Crippen molar-refractivity contribution in [3.63, 3.8) is 0 Å². The fraction of sp³-hybridized carbons (Fsp3) is 0.182. The molecule has 0 amide bonds. The van der Waals surface area contributed by atoms with Crippen molar-refractivity contribution in [1.29, 1.82) is 0 Å². The number of tetrazole rings is 1. The number of hydrogen-bond acceptors (Lipinski definition) is 12. The number of nitro groups is 1. The van der Waals surface area contributed by atoms with Gasteiger partial charge in [-0.05, 0) is 29.0 Å². The van der Waals surface area contributed by atoms with E-state index >= 15 is 0 Å². The summed E-state index contributed by atoms with van der Waals surface area (Å²) < 4.78 is 7.43. The number of thioether (sulfide) groups is 1. The Morgan fingerprint density at radius 3 is 2.81 bits per heavy atom. The summed E-state index contributed by atoms with van der Waals surface area (Å²) in [4.78, 5) is 24.2. The maximum Gasteiger partial charge on any atom is 0.338 e. The van der Waals surface area contributed by atoms with E-state index in [4.69, 9.17) is 16.3 Å². The van der Waals surface area contributed by atoms with Crippen molar-refractivity contribution in [3.05, 3.63) is 80.5 Å². The van der Waals surface area contributed by atoms with Crippen molar-refractivity contribution in [3.8, 4) is 10.6 Å². The first-order chi connectivity index (χ1) is 18.0. The first-order valence-electron chi connectivity index (χ1n) is 10.9. The lowest BCUT2D eigenvalue weighted by atomic mass is 9.95. The Morgan fingerprint density at radius 2 is 2.05 bits per heavy atom. The Balaban J connectivity index is 1.53. The number of rotatable bonds is 8. The number of hydrogen-bond donors (Lipinski definition) is 1. The zero-order valence-corrected chi connectivity index (χ0v) is 21.5. The van der Waals surface area contributed by atoms with E-state index in [2.05, 4.69) is 31.0 Å². The molecule has 2 aromatic heterocycles. The molecule has 0 saturated carbocycles. The molecule has 1 atom stereocenters. The molecule has 0 fully saturated rings. The largest absolute Gasteiger partial charge is 0.463 e. The lowest BCUT2D eigenvalue weighted by molar-refractivity contribution is -0.384. The molecule has 1 unspecified atom stereocenters. The van der Waals surface area contributed by atoms with Crippen molar-refractivity contribution in [2.45, 2.75) is 17.3 Å². The second-order valence-electron chi connectivity index (χ2n) is 7.58. The van der Waals surface area contributed by atoms with Crippen molar-refractivity contribution >= 4 is 52.3 Å². The number of benzene rings is 2. The molecule has 37 heavy (non-hydrogen) atoms. The molecule has 15 heteroatoms. The number of nitrogens with one attached hydrogen (secondary N) is 1. The topological polar surface area (TPSA) is 151 Å². The number of aromatic nitrogens is 6. The van der Waals surface area contributed by atoms with Crippen LogP contribution in [0.1, 0.15) is 18.5 Å². The summed E-state index contributed by atoms with van der Waals surface area (Å²) in [6, 6.07) is 13.1. The van der Waals surface area contributed by atoms with Crippen LogP contribution in [0.4, 0.5) is 11.6 Å². The monoisotopic (exact) mass is 556 g/mol. The number of carbonyl (C=O) groups is 1. The van der Waals surface area contributed by atoms with Crippen LogP contribution in [-0.4, -0.2) is 53.7 Å². The third-order valence-electron chi connectivity index (χ3n) is 5.34. The molecular formula is C22H17ClN8O4S2. The number of carbonyl (C=O) groups excluding carboxylic acids is 1. The highest BCUT2D eigenvalue weighted by Crippen LogP contribution is 2.39. The molecule has 3 heterocycles. The van der Waals surface area contributed by atoms with Gasteiger partial charge < -0.3 is 10.1 Å². The summed E-state index contributed by atoms with van der Waals surface area (Å²) in [5.74, 6) is -0.0403. The molecule has 1 aliphatic rings. The van der Waals surface area contributed by atoms with Gasteiger partial charge in [-0.2, -0.15) is 4.68 Å². The van der Waals surface area contributed by atoms with E-state index in [1.165, 1.54) is 39.9 Å². The average molecular weight is 557 g/mol. The van der Waals surface area contributed by atoms with Crippen LogP contribution in [-0.2, 0) is 9.53 Å². The van der Waals surface area contributed by atoms with Crippen molar-refractivity contribution < 1.29 is 14.5 Å². The Morgan fingerprint density at radius 1 is 1.24 bits per heavy atom. The SMILES string of the molecule is CCOC(=O)C1=C(CSc2nnc(-c3ccccc3)s2)Nc2nnnn2C1c1ccc(Cl)c([N+](=O)[O-])c1. The van der Waals surface area contributed by atoms with Gasteiger partial charge >= 0.3 is 5.97 Å². The molecule has 0 bridgehead atoms. The highest BCUT2D eigenvalue weighted by molar-refractivity contribution is 8.01. The smallest absolute Gasteiger partial charge is 0.338 e. The molecule has 12 nitrogen and oxygen atoms in total. The van der Waals surface area contributed by atoms with E-state index in [0.717, 1.165) is 10.6 Å². The van der Waals surface area contributed by atoms with E-state index in [1.54, 1.807) is 13.0 Å². The highest BCUT2D eigenvalue weighted by Gasteiger charge is 2.37. The van der Waals surface area contributed by atoms with Gasteiger partial charge in [-0.3, -0.25) is 10.1 Å². The lowest BCUT2D eigenvalue weighted by Crippen LogP contribution is -2.31. The first-order valence-corrected chi connectivity index (χ1v) is 13.0. The van der Waals surface area contributed by atoms with Gasteiger partial charge in [0.05, 0.1) is 17.1 Å². The summed E-state index contributed by atoms with van der Waals surface area (Å²) >= 11 is 8.83. The zero-order chi connectivity index (χ0) is 25.9. The molecule has 1 aliphatic heterocycles. The normalized spacial score (nSPS) is 14.7. The zero-order valence-electron chi connectivity index (χ0n) is 19.1. The van der Waals surface area contributed by atoms with E-state index in [9.17, 15) is 14.9 Å². The molecule has 0 aliphatic carbocycles. The third-order valence-corrected chi connectivity index (χ3v) is 7.80. The van der Waals surface area contributed by atoms with Gasteiger partial charge in [-0.15, -0.1) is 10.2 Å². The Hall–Kier alpha value is -3.88. The predicted octanol–water partition coefficient (Wildman–Crippen LogP) is 4.38. The molecule has 4 aromatic rings. The second kappa shape index (κ2) is 10.6. The van der Waals surface area contributed by atoms with Gasteiger partial charge in [0, 0.05) is 23.1 Å². The number of esters is 1. The standard InChI is InChI=1S/C22H17ClN8O4S2/c1-2-35-20(32)17-15(11-36-22-27-25-19(37-22)12-6-4-3-5-7-12)24-21-26-28-29-30(21)18(17)13-8-9-14(23)16(10-13)31(33)34/h3-10,18H,2,11H2,1H3,(H,24,26,29). The van der Waals surface area contributed by atoms with Crippen molar-refractivity contribution in [2.75, 3.05) is 17.7 Å². The van der Waals surface area contributed by atoms with Gasteiger partial charge in [0.2, 0.25) is 5.95 Å². The fourth-order valence-electron chi connectivity index (χ4n) is 3.74. The minimum Gasteiger partial charge on any atom is -0.463 e. The maximum absolute atomic E-state index is 13.2. The molecule has 0 saturated heterocycles. The van der Waals surface area contributed by atoms with E-state index in [1.807, 2.05) is 30.3 Å². The summed E-state index contributed by atoms with van der Waals surface area (Å²) in [7, 11) is 0. The van der Waals surface area contributed by atoms with Crippen LogP contribution < -0.4 is 5.32 Å². The number of fused-ring (bicyclic) bond motifs is 1. The highest BCUT2D eigenvalue weighted by atomic mass is 35.5. The van der Waals surface area contributed by atoms with Crippen molar-refractivity contribution in [1.82, 2.24) is 30.4 Å². The molecule has 1 N–H and O–H groups in total. The summed E-state index contributed by atoms with van der Waals surface area (Å²) in [6.07, 6.45) is 0. The summed E-state index contributed by atoms with van der Waals surface area (Å²) in [5.41, 5.74) is 1.77. The van der Waals surface area contributed by atoms with Crippen LogP contribution in [0.2, 0.25) is 5.02 Å². The van der Waals surface area contributed by atoms with E-state index < -0.39 is 16.9 Å². The van der Waals surface area contributed by atoms with Crippen molar-refractivity contribution in [2.24, 2.45) is 0 Å². The number of anilines is 1. The number of halogens is 1. The summed E-state index contributed by atoms with van der Waals surface area (Å²) in [5, 5.41) is 35.7. The first kappa shape index (κ1) is 24.8. The van der Waals surface area contributed by atoms with E-state index in [0.29, 0.717) is 15.6 Å². The molecule has 0 radical (unpaired) electrons. The molecular weight excluding hydrogens is 540 g/mol. The third kappa shape index (κ3) is 5.03. The summed E-state index contributed by atoms with van der Waals surface area (Å²) in [6.45, 7) is 1.83. The van der Waals surface area contributed by atoms with Gasteiger partial charge in [-0.1, -0.05) is 76.2 Å². The molecule has 2 aromatic carbocycles. The Labute approximate surface area is 222 Å². The Kier molecular flexibility index (Phi) is 7.12. The number of nitrogens with zero attached hydrogens (tertiary/aromatic N) is 7. The van der Waals surface area contributed by atoms with Crippen LogP contribution in [0.25, 0.3) is 10.6 Å². The van der Waals surface area contributed by atoms with Gasteiger partial charge in [-0.25, -0.2) is 4.79 Å². The predicted molar refractivity (Wildman–Crippen MR) is 137 cm³/mol.